The van der Waals surface area contributed by atoms with Crippen molar-refractivity contribution in [2.75, 3.05) is 43.4 Å². The third kappa shape index (κ3) is 5.79. The van der Waals surface area contributed by atoms with Gasteiger partial charge in [-0.05, 0) is 43.3 Å². The molecule has 6 nitrogen and oxygen atoms in total. The fraction of sp³-hybridized carbons (Fsp3) is 0.320. The van der Waals surface area contributed by atoms with Gasteiger partial charge < -0.3 is 14.5 Å². The predicted molar refractivity (Wildman–Crippen MR) is 129 cm³/mol. The molecule has 1 amide bonds. The molecule has 0 saturated carbocycles. The van der Waals surface area contributed by atoms with E-state index >= 15 is 0 Å². The van der Waals surface area contributed by atoms with E-state index in [0.717, 1.165) is 54.8 Å². The number of hydrogen-bond acceptors (Lipinski definition) is 6. The van der Waals surface area contributed by atoms with Gasteiger partial charge in [0, 0.05) is 54.9 Å². The molecule has 1 aromatic heterocycles. The Hall–Kier alpha value is -3.06. The molecule has 0 unspecified atom stereocenters. The zero-order valence-corrected chi connectivity index (χ0v) is 19.1. The summed E-state index contributed by atoms with van der Waals surface area (Å²) in [6, 6.07) is 20.2. The zero-order valence-electron chi connectivity index (χ0n) is 18.3. The lowest BCUT2D eigenvalue weighted by atomic mass is 10.1. The monoisotopic (exact) mass is 448 g/mol. The average molecular weight is 449 g/mol. The van der Waals surface area contributed by atoms with E-state index in [-0.39, 0.29) is 5.91 Å². The van der Waals surface area contributed by atoms with Crippen LogP contribution in [0, 0.1) is 0 Å². The second-order valence-electron chi connectivity index (χ2n) is 7.50. The fourth-order valence-electron chi connectivity index (χ4n) is 3.68. The maximum absolute atomic E-state index is 12.6. The van der Waals surface area contributed by atoms with Crippen LogP contribution >= 0.6 is 11.8 Å². The molecule has 1 aliphatic heterocycles. The minimum absolute atomic E-state index is 0.228. The number of anilines is 1. The van der Waals surface area contributed by atoms with Gasteiger partial charge in [0.25, 0.3) is 0 Å². The highest BCUT2D eigenvalue weighted by molar-refractivity contribution is 7.99. The summed E-state index contributed by atoms with van der Waals surface area (Å²) in [5.74, 6) is 2.79. The van der Waals surface area contributed by atoms with Gasteiger partial charge in [0.2, 0.25) is 5.91 Å². The Labute approximate surface area is 193 Å². The molecule has 0 aliphatic carbocycles. The highest BCUT2D eigenvalue weighted by Crippen LogP contribution is 2.24. The van der Waals surface area contributed by atoms with Crippen LogP contribution in [-0.2, 0) is 4.79 Å². The number of hydrogen-bond donors (Lipinski definition) is 0. The fourth-order valence-corrected chi connectivity index (χ4v) is 4.54. The van der Waals surface area contributed by atoms with E-state index in [0.29, 0.717) is 13.0 Å². The Balaban J connectivity index is 1.29. The molecule has 7 heteroatoms. The second-order valence-corrected chi connectivity index (χ2v) is 8.67. The number of thioether (sulfide) groups is 1. The summed E-state index contributed by atoms with van der Waals surface area (Å²) < 4.78 is 5.52. The standard InChI is InChI=1S/C25H28N4O2S/c1-2-31-21-10-8-20(9-11-21)23-18-24(27-19-26-23)28-13-15-29(16-14-28)25(30)12-17-32-22-6-4-3-5-7-22/h3-11,18-19H,2,12-17H2,1H3. The number of rotatable bonds is 8. The SMILES string of the molecule is CCOc1ccc(-c2cc(N3CCN(C(=O)CCSc4ccccc4)CC3)ncn2)cc1. The number of nitrogens with zero attached hydrogens (tertiary/aromatic N) is 4. The molecule has 0 atom stereocenters. The third-order valence-corrected chi connectivity index (χ3v) is 6.41. The van der Waals surface area contributed by atoms with Crippen molar-refractivity contribution in [1.29, 1.82) is 0 Å². The van der Waals surface area contributed by atoms with E-state index < -0.39 is 0 Å². The van der Waals surface area contributed by atoms with Gasteiger partial charge in [-0.15, -0.1) is 11.8 Å². The number of amides is 1. The van der Waals surface area contributed by atoms with Crippen molar-refractivity contribution in [1.82, 2.24) is 14.9 Å². The van der Waals surface area contributed by atoms with Crippen LogP contribution in [0.15, 0.2) is 71.9 Å². The Morgan fingerprint density at radius 1 is 1.00 bits per heavy atom. The van der Waals surface area contributed by atoms with Crippen LogP contribution in [0.4, 0.5) is 5.82 Å². The second kappa shape index (κ2) is 11.0. The van der Waals surface area contributed by atoms with Crippen molar-refractivity contribution in [3.8, 4) is 17.0 Å². The van der Waals surface area contributed by atoms with Crippen LogP contribution in [0.2, 0.25) is 0 Å². The van der Waals surface area contributed by atoms with Crippen LogP contribution in [-0.4, -0.2) is 59.3 Å². The topological polar surface area (TPSA) is 58.6 Å². The molecule has 2 aromatic carbocycles. The molecule has 0 N–H and O–H groups in total. The lowest BCUT2D eigenvalue weighted by molar-refractivity contribution is -0.131. The van der Waals surface area contributed by atoms with Crippen LogP contribution in [0.25, 0.3) is 11.3 Å². The Morgan fingerprint density at radius 2 is 1.75 bits per heavy atom. The molecular formula is C25H28N4O2S. The Bertz CT molecular complexity index is 1010. The van der Waals surface area contributed by atoms with E-state index in [1.807, 2.05) is 60.4 Å². The van der Waals surface area contributed by atoms with E-state index in [1.54, 1.807) is 18.1 Å². The molecule has 0 spiro atoms. The summed E-state index contributed by atoms with van der Waals surface area (Å²) in [4.78, 5) is 26.9. The minimum Gasteiger partial charge on any atom is -0.494 e. The molecule has 166 valence electrons. The van der Waals surface area contributed by atoms with Gasteiger partial charge in [-0.1, -0.05) is 18.2 Å². The summed E-state index contributed by atoms with van der Waals surface area (Å²) in [5, 5.41) is 0. The molecular weight excluding hydrogens is 420 g/mol. The largest absolute Gasteiger partial charge is 0.494 e. The quantitative estimate of drug-likeness (QED) is 0.477. The number of ether oxygens (including phenoxy) is 1. The summed E-state index contributed by atoms with van der Waals surface area (Å²) in [7, 11) is 0. The van der Waals surface area contributed by atoms with Crippen molar-refractivity contribution in [2.45, 2.75) is 18.2 Å². The molecule has 1 fully saturated rings. The van der Waals surface area contributed by atoms with Crippen LogP contribution in [0.3, 0.4) is 0 Å². The molecule has 32 heavy (non-hydrogen) atoms. The lowest BCUT2D eigenvalue weighted by Crippen LogP contribution is -2.49. The van der Waals surface area contributed by atoms with Gasteiger partial charge in [0.1, 0.15) is 17.9 Å². The van der Waals surface area contributed by atoms with Crippen LogP contribution < -0.4 is 9.64 Å². The summed E-state index contributed by atoms with van der Waals surface area (Å²) in [6.45, 7) is 5.61. The number of carbonyl (C=O) groups is 1. The van der Waals surface area contributed by atoms with E-state index in [9.17, 15) is 4.79 Å². The van der Waals surface area contributed by atoms with Crippen LogP contribution in [0.1, 0.15) is 13.3 Å². The number of carbonyl (C=O) groups excluding carboxylic acids is 1. The highest BCUT2D eigenvalue weighted by atomic mass is 32.2. The van der Waals surface area contributed by atoms with Crippen molar-refractivity contribution >= 4 is 23.5 Å². The van der Waals surface area contributed by atoms with Crippen LogP contribution in [0.5, 0.6) is 5.75 Å². The van der Waals surface area contributed by atoms with E-state index in [2.05, 4.69) is 27.0 Å². The number of aromatic nitrogens is 2. The van der Waals surface area contributed by atoms with E-state index in [1.165, 1.54) is 4.90 Å². The average Bonchev–Trinajstić information content (AvgIpc) is 2.85. The predicted octanol–water partition coefficient (Wildman–Crippen LogP) is 4.37. The normalized spacial score (nSPS) is 13.8. The molecule has 1 saturated heterocycles. The van der Waals surface area contributed by atoms with Crippen molar-refractivity contribution in [2.24, 2.45) is 0 Å². The first-order chi connectivity index (χ1) is 15.7. The first kappa shape index (κ1) is 22.1. The molecule has 2 heterocycles. The smallest absolute Gasteiger partial charge is 0.223 e. The van der Waals surface area contributed by atoms with Gasteiger partial charge >= 0.3 is 0 Å². The van der Waals surface area contributed by atoms with E-state index in [4.69, 9.17) is 4.74 Å². The maximum Gasteiger partial charge on any atom is 0.223 e. The zero-order chi connectivity index (χ0) is 22.2. The van der Waals surface area contributed by atoms with Gasteiger partial charge in [-0.25, -0.2) is 9.97 Å². The Morgan fingerprint density at radius 3 is 2.47 bits per heavy atom. The first-order valence-electron chi connectivity index (χ1n) is 11.0. The molecule has 1 aliphatic rings. The highest BCUT2D eigenvalue weighted by Gasteiger charge is 2.22. The van der Waals surface area contributed by atoms with Gasteiger partial charge in [-0.2, -0.15) is 0 Å². The molecule has 0 bridgehead atoms. The van der Waals surface area contributed by atoms with Crippen molar-refractivity contribution < 1.29 is 9.53 Å². The molecule has 4 rings (SSSR count). The minimum atomic E-state index is 0.228. The third-order valence-electron chi connectivity index (χ3n) is 5.40. The van der Waals surface area contributed by atoms with Gasteiger partial charge in [0.15, 0.2) is 0 Å². The summed E-state index contributed by atoms with van der Waals surface area (Å²) >= 11 is 1.73. The number of piperazine rings is 1. The lowest BCUT2D eigenvalue weighted by Gasteiger charge is -2.35. The van der Waals surface area contributed by atoms with Gasteiger partial charge in [-0.3, -0.25) is 4.79 Å². The van der Waals surface area contributed by atoms with Crippen molar-refractivity contribution in [3.63, 3.8) is 0 Å². The van der Waals surface area contributed by atoms with Gasteiger partial charge in [0.05, 0.1) is 12.3 Å². The first-order valence-corrected chi connectivity index (χ1v) is 12.0. The van der Waals surface area contributed by atoms with Crippen molar-refractivity contribution in [3.05, 3.63) is 67.0 Å². The maximum atomic E-state index is 12.6. The summed E-state index contributed by atoms with van der Waals surface area (Å²) in [5.41, 5.74) is 1.91. The molecule has 0 radical (unpaired) electrons. The molecule has 3 aromatic rings. The Kier molecular flexibility index (Phi) is 7.61. The number of benzene rings is 2. The summed E-state index contributed by atoms with van der Waals surface area (Å²) in [6.07, 6.45) is 2.18.